The van der Waals surface area contributed by atoms with Crippen molar-refractivity contribution in [3.8, 4) is 0 Å². The minimum absolute atomic E-state index is 0.228. The highest BCUT2D eigenvalue weighted by molar-refractivity contribution is 6.30. The number of likely N-dealkylation sites (N-methyl/N-ethyl adjacent to an activating group) is 1. The van der Waals surface area contributed by atoms with Crippen molar-refractivity contribution in [1.82, 2.24) is 4.48 Å². The third kappa shape index (κ3) is 3.99. The zero-order valence-corrected chi connectivity index (χ0v) is 19.3. The molecule has 3 aromatic rings. The molecule has 0 amide bonds. The van der Waals surface area contributed by atoms with E-state index < -0.39 is 23.7 Å². The fourth-order valence-electron chi connectivity index (χ4n) is 4.81. The number of nitrogens with zero attached hydrogens (tertiary/aromatic N) is 2. The molecule has 0 fully saturated rings. The Hall–Kier alpha value is -3.16. The van der Waals surface area contributed by atoms with Gasteiger partial charge >= 0.3 is 18.2 Å². The number of aliphatic imine (C=N–C) groups is 1. The number of benzene rings is 3. The summed E-state index contributed by atoms with van der Waals surface area (Å²) < 4.78 is 44.7. The highest BCUT2D eigenvalue weighted by atomic mass is 35.5. The first-order valence-electron chi connectivity index (χ1n) is 10.8. The van der Waals surface area contributed by atoms with Crippen LogP contribution in [0.4, 0.5) is 18.9 Å². The van der Waals surface area contributed by atoms with Gasteiger partial charge in [-0.25, -0.2) is 9.28 Å². The number of carbonyl (C=O) groups is 1. The van der Waals surface area contributed by atoms with Gasteiger partial charge in [0.1, 0.15) is 11.2 Å². The molecule has 0 aromatic heterocycles. The average molecular weight is 488 g/mol. The molecular formula is C26H23ClF3N2O2+. The topological polar surface area (TPSA) is 38.7 Å². The lowest BCUT2D eigenvalue weighted by Crippen LogP contribution is -2.57. The third-order valence-electron chi connectivity index (χ3n) is 6.32. The molecule has 3 atom stereocenters. The number of alkyl halides is 3. The maximum atomic E-state index is 13.3. The van der Waals surface area contributed by atoms with Crippen LogP contribution in [0.5, 0.6) is 0 Å². The standard InChI is InChI=1S/C26H23ClF3N2O2/c1-3-32(21-16-14-20(27)15-17-21)22(18-10-6-4-7-11-18)25(2,19-12-8-5-9-13-19)31-24(32)34-23(33)26(28,29)30/h4-17,22H,3H2,1-2H3/q+1/t22-,25+,32?/m1/s1. The number of ether oxygens (including phenoxy) is 1. The van der Waals surface area contributed by atoms with E-state index in [1.165, 1.54) is 0 Å². The van der Waals surface area contributed by atoms with Gasteiger partial charge in [0, 0.05) is 22.7 Å². The van der Waals surface area contributed by atoms with Crippen molar-refractivity contribution in [2.45, 2.75) is 31.6 Å². The van der Waals surface area contributed by atoms with E-state index in [1.54, 1.807) is 24.3 Å². The smallest absolute Gasteiger partial charge is 0.356 e. The number of rotatable bonds is 4. The van der Waals surface area contributed by atoms with E-state index in [9.17, 15) is 18.0 Å². The second-order valence-corrected chi connectivity index (χ2v) is 8.71. The van der Waals surface area contributed by atoms with E-state index in [4.69, 9.17) is 21.3 Å². The van der Waals surface area contributed by atoms with Crippen molar-refractivity contribution in [3.05, 3.63) is 101 Å². The number of hydrogen-bond acceptors (Lipinski definition) is 3. The third-order valence-corrected chi connectivity index (χ3v) is 6.57. The van der Waals surface area contributed by atoms with Gasteiger partial charge in [-0.1, -0.05) is 72.3 Å². The number of carbonyl (C=O) groups excluding carboxylic acids is 1. The van der Waals surface area contributed by atoms with Crippen molar-refractivity contribution >= 4 is 29.3 Å². The summed E-state index contributed by atoms with van der Waals surface area (Å²) in [5.41, 5.74) is 1.19. The van der Waals surface area contributed by atoms with Crippen molar-refractivity contribution in [2.24, 2.45) is 4.99 Å². The largest absolute Gasteiger partial charge is 0.491 e. The maximum absolute atomic E-state index is 13.3. The summed E-state index contributed by atoms with van der Waals surface area (Å²) in [6, 6.07) is 24.7. The summed E-state index contributed by atoms with van der Waals surface area (Å²) in [5.74, 6) is -2.31. The molecule has 4 rings (SSSR count). The molecule has 4 nitrogen and oxygen atoms in total. The molecule has 3 aromatic carbocycles. The van der Waals surface area contributed by atoms with Gasteiger partial charge in [-0.2, -0.15) is 18.2 Å². The van der Waals surface area contributed by atoms with E-state index in [0.717, 1.165) is 11.1 Å². The van der Waals surface area contributed by atoms with Crippen molar-refractivity contribution < 1.29 is 22.7 Å². The van der Waals surface area contributed by atoms with Crippen LogP contribution < -0.4 is 4.48 Å². The predicted octanol–water partition coefficient (Wildman–Crippen LogP) is 6.80. The number of halogens is 4. The van der Waals surface area contributed by atoms with Crippen molar-refractivity contribution in [3.63, 3.8) is 0 Å². The summed E-state index contributed by atoms with van der Waals surface area (Å²) >= 11 is 6.12. The second kappa shape index (κ2) is 8.89. The molecule has 1 aliphatic heterocycles. The molecule has 0 spiro atoms. The fraction of sp³-hybridized carbons (Fsp3) is 0.231. The van der Waals surface area contributed by atoms with Gasteiger partial charge in [-0.05, 0) is 31.5 Å². The van der Waals surface area contributed by atoms with Gasteiger partial charge in [0.2, 0.25) is 0 Å². The van der Waals surface area contributed by atoms with E-state index in [0.29, 0.717) is 10.7 Å². The van der Waals surface area contributed by atoms with Crippen molar-refractivity contribution in [1.29, 1.82) is 0 Å². The first-order valence-corrected chi connectivity index (χ1v) is 11.1. The Bertz CT molecular complexity index is 1200. The molecule has 0 radical (unpaired) electrons. The molecule has 0 N–H and O–H groups in total. The van der Waals surface area contributed by atoms with Crippen LogP contribution in [0.2, 0.25) is 5.02 Å². The maximum Gasteiger partial charge on any atom is 0.491 e. The van der Waals surface area contributed by atoms with Crippen LogP contribution in [-0.2, 0) is 15.1 Å². The highest BCUT2D eigenvalue weighted by Gasteiger charge is 2.63. The molecule has 0 aliphatic carbocycles. The molecule has 1 aliphatic rings. The Balaban J connectivity index is 2.03. The molecule has 176 valence electrons. The van der Waals surface area contributed by atoms with Crippen LogP contribution in [0.1, 0.15) is 31.0 Å². The van der Waals surface area contributed by atoms with Crippen LogP contribution in [0, 0.1) is 0 Å². The summed E-state index contributed by atoms with van der Waals surface area (Å²) in [5, 5.41) is 0.477. The molecule has 1 unspecified atom stereocenters. The van der Waals surface area contributed by atoms with Crippen molar-refractivity contribution in [2.75, 3.05) is 6.54 Å². The lowest BCUT2D eigenvalue weighted by molar-refractivity contribution is -0.191. The van der Waals surface area contributed by atoms with E-state index in [2.05, 4.69) is 0 Å². The Morgan fingerprint density at radius 2 is 1.56 bits per heavy atom. The average Bonchev–Trinajstić information content (AvgIpc) is 3.09. The van der Waals surface area contributed by atoms with E-state index in [-0.39, 0.29) is 17.0 Å². The highest BCUT2D eigenvalue weighted by Crippen LogP contribution is 2.54. The summed E-state index contributed by atoms with van der Waals surface area (Å²) in [4.78, 5) is 16.8. The van der Waals surface area contributed by atoms with Gasteiger partial charge in [0.25, 0.3) is 0 Å². The Labute approximate surface area is 200 Å². The molecule has 8 heteroatoms. The minimum Gasteiger partial charge on any atom is -0.356 e. The fourth-order valence-corrected chi connectivity index (χ4v) is 4.94. The zero-order chi connectivity index (χ0) is 24.6. The summed E-state index contributed by atoms with van der Waals surface area (Å²) in [6.45, 7) is 3.96. The number of hydrogen-bond donors (Lipinski definition) is 0. The molecule has 1 heterocycles. The van der Waals surface area contributed by atoms with Gasteiger partial charge in [-0.15, -0.1) is 0 Å². The lowest BCUT2D eigenvalue weighted by Gasteiger charge is -2.41. The van der Waals surface area contributed by atoms with Crippen LogP contribution in [0.3, 0.4) is 0 Å². The first-order chi connectivity index (χ1) is 16.1. The normalized spacial score (nSPS) is 24.5. The SMILES string of the molecule is CC[N+]1(c2ccc(Cl)cc2)C(OC(=O)C(F)(F)F)=N[C@@](C)(c2ccccc2)[C@H]1c1ccccc1. The molecule has 0 bridgehead atoms. The van der Waals surface area contributed by atoms with Gasteiger partial charge in [0.15, 0.2) is 6.04 Å². The zero-order valence-electron chi connectivity index (χ0n) is 18.6. The quantitative estimate of drug-likeness (QED) is 0.300. The number of quaternary nitrogens is 1. The molecule has 34 heavy (non-hydrogen) atoms. The monoisotopic (exact) mass is 487 g/mol. The first kappa shape index (κ1) is 24.0. The van der Waals surface area contributed by atoms with Crippen LogP contribution in [0.15, 0.2) is 89.9 Å². The molecule has 0 saturated heterocycles. The van der Waals surface area contributed by atoms with Gasteiger partial charge in [-0.3, -0.25) is 0 Å². The molecular weight excluding hydrogens is 465 g/mol. The Morgan fingerprint density at radius 3 is 2.09 bits per heavy atom. The lowest BCUT2D eigenvalue weighted by atomic mass is 9.80. The summed E-state index contributed by atoms with van der Waals surface area (Å²) in [7, 11) is 0. The Morgan fingerprint density at radius 1 is 1.00 bits per heavy atom. The van der Waals surface area contributed by atoms with Crippen LogP contribution in [-0.4, -0.2) is 24.7 Å². The second-order valence-electron chi connectivity index (χ2n) is 8.27. The number of esters is 1. The van der Waals surface area contributed by atoms with Gasteiger partial charge in [0.05, 0.1) is 6.54 Å². The van der Waals surface area contributed by atoms with Crippen LogP contribution in [0.25, 0.3) is 0 Å². The van der Waals surface area contributed by atoms with Gasteiger partial charge < -0.3 is 4.74 Å². The Kier molecular flexibility index (Phi) is 6.27. The van der Waals surface area contributed by atoms with Crippen LogP contribution >= 0.6 is 11.6 Å². The summed E-state index contributed by atoms with van der Waals surface area (Å²) in [6.07, 6.45) is -5.17. The minimum atomic E-state index is -5.17. The predicted molar refractivity (Wildman–Crippen MR) is 126 cm³/mol. The number of amidine groups is 1. The van der Waals surface area contributed by atoms with E-state index in [1.807, 2.05) is 74.5 Å². The van der Waals surface area contributed by atoms with E-state index >= 15 is 0 Å². The molecule has 0 saturated carbocycles.